The van der Waals surface area contributed by atoms with Crippen molar-refractivity contribution in [3.05, 3.63) is 23.3 Å². The molecule has 1 aromatic rings. The van der Waals surface area contributed by atoms with E-state index in [4.69, 9.17) is 9.47 Å². The molecule has 0 radical (unpaired) electrons. The molecule has 0 aromatic heterocycles. The molecule has 2 aliphatic rings. The maximum Gasteiger partial charge on any atom is 0.243 e. The molecule has 2 atom stereocenters. The summed E-state index contributed by atoms with van der Waals surface area (Å²) in [6, 6.07) is 3.44. The molecule has 1 saturated heterocycles. The summed E-state index contributed by atoms with van der Waals surface area (Å²) in [5.74, 6) is 1.09. The minimum Gasteiger partial charge on any atom is -0.496 e. The summed E-state index contributed by atoms with van der Waals surface area (Å²) in [7, 11) is -0.211. The lowest BCUT2D eigenvalue weighted by molar-refractivity contribution is -0.106. The highest BCUT2D eigenvalue weighted by Gasteiger charge is 2.64. The first-order valence-corrected chi connectivity index (χ1v) is 10.2. The minimum absolute atomic E-state index is 0.0398. The third-order valence-electron chi connectivity index (χ3n) is 6.08. The minimum atomic E-state index is -3.52. The maximum absolute atomic E-state index is 13.3. The molecule has 1 aliphatic carbocycles. The molecular weight excluding hydrogens is 338 g/mol. The van der Waals surface area contributed by atoms with Crippen LogP contribution in [0.15, 0.2) is 17.0 Å². The van der Waals surface area contributed by atoms with Crippen LogP contribution in [0.1, 0.15) is 31.4 Å². The number of nitrogens with zero attached hydrogens (tertiary/aromatic N) is 1. The summed E-state index contributed by atoms with van der Waals surface area (Å²) in [5.41, 5.74) is 1.81. The van der Waals surface area contributed by atoms with Crippen LogP contribution in [-0.4, -0.2) is 46.6 Å². The second-order valence-electron chi connectivity index (χ2n) is 8.40. The summed E-state index contributed by atoms with van der Waals surface area (Å²) in [6.07, 6.45) is 1.01. The summed E-state index contributed by atoms with van der Waals surface area (Å²) in [5, 5.41) is 0. The summed E-state index contributed by atoms with van der Waals surface area (Å²) >= 11 is 0. The van der Waals surface area contributed by atoms with Gasteiger partial charge in [0.25, 0.3) is 0 Å². The van der Waals surface area contributed by atoms with Gasteiger partial charge in [0.1, 0.15) is 5.75 Å². The molecule has 3 rings (SSSR count). The van der Waals surface area contributed by atoms with Crippen LogP contribution in [-0.2, 0) is 14.8 Å². The highest BCUT2D eigenvalue weighted by atomic mass is 32.2. The topological polar surface area (TPSA) is 55.8 Å². The van der Waals surface area contributed by atoms with Crippen LogP contribution >= 0.6 is 0 Å². The van der Waals surface area contributed by atoms with Crippen LogP contribution in [0, 0.1) is 30.6 Å². The van der Waals surface area contributed by atoms with E-state index in [9.17, 15) is 8.42 Å². The number of sulfonamides is 1. The van der Waals surface area contributed by atoms with Crippen LogP contribution in [0.5, 0.6) is 5.75 Å². The standard InChI is InChI=1S/C19H29NO4S/c1-13-7-15(8-14(2)17(13)24-6)25(21,22)20-9-16-18(3,4)10-19(16,11-20)12-23-5/h7-8,16H,9-12H2,1-6H3/t16-,19-/m1/s1. The van der Waals surface area contributed by atoms with Crippen molar-refractivity contribution in [1.29, 1.82) is 0 Å². The predicted octanol–water partition coefficient (Wildman–Crippen LogP) is 3.00. The van der Waals surface area contributed by atoms with Crippen molar-refractivity contribution in [2.24, 2.45) is 16.7 Å². The zero-order valence-electron chi connectivity index (χ0n) is 16.0. The largest absolute Gasteiger partial charge is 0.496 e. The monoisotopic (exact) mass is 367 g/mol. The number of hydrogen-bond donors (Lipinski definition) is 0. The molecule has 0 spiro atoms. The predicted molar refractivity (Wildman–Crippen MR) is 97.4 cm³/mol. The zero-order valence-corrected chi connectivity index (χ0v) is 16.9. The highest BCUT2D eigenvalue weighted by Crippen LogP contribution is 2.63. The Labute approximate surface area is 151 Å². The first-order chi connectivity index (χ1) is 11.6. The fourth-order valence-corrected chi connectivity index (χ4v) is 7.00. The number of ether oxygens (including phenoxy) is 2. The lowest BCUT2D eigenvalue weighted by Crippen LogP contribution is -2.55. The molecule has 140 valence electrons. The van der Waals surface area contributed by atoms with Gasteiger partial charge in [-0.2, -0.15) is 4.31 Å². The smallest absolute Gasteiger partial charge is 0.243 e. The summed E-state index contributed by atoms with van der Waals surface area (Å²) in [4.78, 5) is 0.356. The van der Waals surface area contributed by atoms with Gasteiger partial charge in [-0.15, -0.1) is 0 Å². The number of benzene rings is 1. The third-order valence-corrected chi connectivity index (χ3v) is 7.86. The van der Waals surface area contributed by atoms with Crippen LogP contribution in [0.25, 0.3) is 0 Å². The second-order valence-corrected chi connectivity index (χ2v) is 10.3. The van der Waals surface area contributed by atoms with Crippen molar-refractivity contribution >= 4 is 10.0 Å². The molecule has 0 amide bonds. The Morgan fingerprint density at radius 1 is 1.20 bits per heavy atom. The SMILES string of the molecule is COC[C@@]12CN(S(=O)(=O)c3cc(C)c(OC)c(C)c3)C[C@@H]1C(C)(C)C2. The number of aryl methyl sites for hydroxylation is 2. The average molecular weight is 368 g/mol. The van der Waals surface area contributed by atoms with Gasteiger partial charge in [-0.1, -0.05) is 13.8 Å². The van der Waals surface area contributed by atoms with Crippen LogP contribution in [0.4, 0.5) is 0 Å². The van der Waals surface area contributed by atoms with Crippen molar-refractivity contribution in [2.75, 3.05) is 33.9 Å². The average Bonchev–Trinajstić information content (AvgIpc) is 2.82. The van der Waals surface area contributed by atoms with E-state index in [1.54, 1.807) is 30.7 Å². The van der Waals surface area contributed by atoms with Gasteiger partial charge in [0.05, 0.1) is 18.6 Å². The van der Waals surface area contributed by atoms with Gasteiger partial charge < -0.3 is 9.47 Å². The van der Waals surface area contributed by atoms with E-state index in [2.05, 4.69) is 13.8 Å². The van der Waals surface area contributed by atoms with E-state index in [1.807, 2.05) is 13.8 Å². The first-order valence-electron chi connectivity index (χ1n) is 8.72. The second kappa shape index (κ2) is 5.96. The Morgan fingerprint density at radius 2 is 1.80 bits per heavy atom. The quantitative estimate of drug-likeness (QED) is 0.803. The molecule has 5 nitrogen and oxygen atoms in total. The van der Waals surface area contributed by atoms with Gasteiger partial charge in [0.15, 0.2) is 0 Å². The molecule has 1 aromatic carbocycles. The molecule has 1 saturated carbocycles. The van der Waals surface area contributed by atoms with E-state index in [0.717, 1.165) is 23.3 Å². The van der Waals surface area contributed by atoms with E-state index in [1.165, 1.54) is 0 Å². The molecule has 0 N–H and O–H groups in total. The van der Waals surface area contributed by atoms with Gasteiger partial charge in [0, 0.05) is 25.6 Å². The van der Waals surface area contributed by atoms with Gasteiger partial charge in [0.2, 0.25) is 10.0 Å². The van der Waals surface area contributed by atoms with Crippen LogP contribution in [0.3, 0.4) is 0 Å². The van der Waals surface area contributed by atoms with Crippen LogP contribution in [0.2, 0.25) is 0 Å². The molecule has 0 unspecified atom stereocenters. The lowest BCUT2D eigenvalue weighted by Gasteiger charge is -2.56. The van der Waals surface area contributed by atoms with Crippen molar-refractivity contribution in [3.8, 4) is 5.75 Å². The highest BCUT2D eigenvalue weighted by molar-refractivity contribution is 7.89. The van der Waals surface area contributed by atoms with Crippen molar-refractivity contribution < 1.29 is 17.9 Å². The normalized spacial score (nSPS) is 28.5. The Bertz CT molecular complexity index is 764. The molecule has 6 heteroatoms. The van der Waals surface area contributed by atoms with Gasteiger partial charge in [-0.3, -0.25) is 0 Å². The van der Waals surface area contributed by atoms with E-state index >= 15 is 0 Å². The van der Waals surface area contributed by atoms with E-state index < -0.39 is 10.0 Å². The number of rotatable bonds is 5. The molecule has 25 heavy (non-hydrogen) atoms. The first kappa shape index (κ1) is 18.7. The Balaban J connectivity index is 1.94. The molecular formula is C19H29NO4S. The number of hydrogen-bond acceptors (Lipinski definition) is 4. The Hall–Kier alpha value is -1.11. The number of fused-ring (bicyclic) bond motifs is 1. The van der Waals surface area contributed by atoms with Gasteiger partial charge >= 0.3 is 0 Å². The van der Waals surface area contributed by atoms with Gasteiger partial charge in [-0.25, -0.2) is 8.42 Å². The van der Waals surface area contributed by atoms with Crippen molar-refractivity contribution in [2.45, 2.75) is 39.0 Å². The Morgan fingerprint density at radius 3 is 2.28 bits per heavy atom. The molecule has 2 fully saturated rings. The summed E-state index contributed by atoms with van der Waals surface area (Å²) < 4.78 is 39.0. The number of methoxy groups -OCH3 is 2. The molecule has 1 aliphatic heterocycles. The Kier molecular flexibility index (Phi) is 4.45. The fourth-order valence-electron chi connectivity index (χ4n) is 5.28. The molecule has 1 heterocycles. The van der Waals surface area contributed by atoms with Crippen molar-refractivity contribution in [1.82, 2.24) is 4.31 Å². The molecule has 0 bridgehead atoms. The van der Waals surface area contributed by atoms with Crippen molar-refractivity contribution in [3.63, 3.8) is 0 Å². The van der Waals surface area contributed by atoms with Gasteiger partial charge in [-0.05, 0) is 54.9 Å². The van der Waals surface area contributed by atoms with E-state index in [0.29, 0.717) is 30.5 Å². The fraction of sp³-hybridized carbons (Fsp3) is 0.684. The van der Waals surface area contributed by atoms with Crippen LogP contribution < -0.4 is 4.74 Å². The lowest BCUT2D eigenvalue weighted by atomic mass is 9.48. The summed E-state index contributed by atoms with van der Waals surface area (Å²) in [6.45, 7) is 9.95. The zero-order chi connectivity index (χ0) is 18.6. The van der Waals surface area contributed by atoms with E-state index in [-0.39, 0.29) is 10.8 Å². The third kappa shape index (κ3) is 2.78. The maximum atomic E-state index is 13.3.